The van der Waals surface area contributed by atoms with E-state index in [-0.39, 0.29) is 43.4 Å². The Morgan fingerprint density at radius 3 is 2.60 bits per heavy atom. The molecule has 1 saturated heterocycles. The first-order chi connectivity index (χ1) is 16.7. The number of amides is 1. The van der Waals surface area contributed by atoms with Crippen molar-refractivity contribution < 1.29 is 23.0 Å². The number of benzene rings is 1. The van der Waals surface area contributed by atoms with Crippen molar-refractivity contribution in [2.75, 3.05) is 24.6 Å². The Bertz CT molecular complexity index is 1060. The second-order valence-corrected chi connectivity index (χ2v) is 9.36. The van der Waals surface area contributed by atoms with Crippen molar-refractivity contribution in [2.45, 2.75) is 57.1 Å². The van der Waals surface area contributed by atoms with Crippen LogP contribution in [0.15, 0.2) is 42.6 Å². The minimum Gasteiger partial charge on any atom is -0.491 e. The summed E-state index contributed by atoms with van der Waals surface area (Å²) in [5, 5.41) is 11.6. The fourth-order valence-corrected chi connectivity index (χ4v) is 4.06. The Labute approximate surface area is 204 Å². The molecular weight excluding hydrogens is 454 g/mol. The molecule has 1 amide bonds. The summed E-state index contributed by atoms with van der Waals surface area (Å²) >= 11 is 0. The maximum atomic E-state index is 13.0. The van der Waals surface area contributed by atoms with Crippen molar-refractivity contribution in [1.29, 1.82) is 5.26 Å². The molecule has 7 nitrogen and oxygen atoms in total. The summed E-state index contributed by atoms with van der Waals surface area (Å²) in [5.74, 6) is -1.69. The molecule has 1 saturated carbocycles. The summed E-state index contributed by atoms with van der Waals surface area (Å²) in [6.45, 7) is 5.13. The van der Waals surface area contributed by atoms with Gasteiger partial charge in [0.15, 0.2) is 0 Å². The number of hydrogen-bond acceptors (Lipinski definition) is 6. The van der Waals surface area contributed by atoms with E-state index < -0.39 is 11.8 Å². The lowest BCUT2D eigenvalue weighted by atomic mass is 10.00. The summed E-state index contributed by atoms with van der Waals surface area (Å²) in [5.41, 5.74) is 0.879. The van der Waals surface area contributed by atoms with Crippen molar-refractivity contribution in [1.82, 2.24) is 10.3 Å². The van der Waals surface area contributed by atoms with Crippen LogP contribution in [0.25, 0.3) is 0 Å². The highest BCUT2D eigenvalue weighted by molar-refractivity contribution is 5.83. The van der Waals surface area contributed by atoms with Crippen LogP contribution < -0.4 is 19.7 Å². The number of carbonyl (C=O) groups is 1. The molecule has 9 heteroatoms. The molecule has 4 unspecified atom stereocenters. The van der Waals surface area contributed by atoms with E-state index in [9.17, 15) is 13.6 Å². The van der Waals surface area contributed by atoms with Gasteiger partial charge in [-0.25, -0.2) is 13.8 Å². The molecule has 1 N–H and O–H groups in total. The highest BCUT2D eigenvalue weighted by Crippen LogP contribution is 2.48. The van der Waals surface area contributed by atoms with Crippen molar-refractivity contribution in [3.8, 4) is 17.6 Å². The second-order valence-electron chi connectivity index (χ2n) is 9.36. The van der Waals surface area contributed by atoms with Gasteiger partial charge in [0, 0.05) is 25.4 Å². The fourth-order valence-electron chi connectivity index (χ4n) is 4.06. The van der Waals surface area contributed by atoms with Crippen molar-refractivity contribution >= 4 is 11.7 Å². The average Bonchev–Trinajstić information content (AvgIpc) is 3.21. The zero-order valence-corrected chi connectivity index (χ0v) is 19.9. The molecule has 0 spiro atoms. The zero-order chi connectivity index (χ0) is 25.0. The van der Waals surface area contributed by atoms with Crippen LogP contribution in [0.3, 0.4) is 0 Å². The van der Waals surface area contributed by atoms with Crippen molar-refractivity contribution in [3.05, 3.63) is 48.2 Å². The summed E-state index contributed by atoms with van der Waals surface area (Å²) in [6, 6.07) is 13.0. The highest BCUT2D eigenvalue weighted by atomic mass is 19.3. The van der Waals surface area contributed by atoms with E-state index in [0.717, 1.165) is 30.1 Å². The van der Waals surface area contributed by atoms with Gasteiger partial charge < -0.3 is 19.7 Å². The number of aromatic nitrogens is 1. The minimum absolute atomic E-state index is 0.00299. The topological polar surface area (TPSA) is 87.5 Å². The van der Waals surface area contributed by atoms with E-state index in [2.05, 4.69) is 21.3 Å². The normalized spacial score (nSPS) is 22.1. The number of carbonyl (C=O) groups excluding carboxylic acids is 1. The van der Waals surface area contributed by atoms with Crippen LogP contribution in [-0.2, 0) is 4.79 Å². The van der Waals surface area contributed by atoms with Crippen LogP contribution in [0, 0.1) is 17.2 Å². The first-order valence-electron chi connectivity index (χ1n) is 11.9. The van der Waals surface area contributed by atoms with Crippen LogP contribution >= 0.6 is 0 Å². The number of nitriles is 1. The van der Waals surface area contributed by atoms with E-state index >= 15 is 0 Å². The summed E-state index contributed by atoms with van der Waals surface area (Å²) in [6.07, 6.45) is 2.59. The average molecular weight is 485 g/mol. The minimum atomic E-state index is -2.58. The van der Waals surface area contributed by atoms with E-state index in [1.165, 1.54) is 0 Å². The quantitative estimate of drug-likeness (QED) is 0.541. The van der Waals surface area contributed by atoms with Gasteiger partial charge in [-0.1, -0.05) is 12.1 Å². The predicted molar refractivity (Wildman–Crippen MR) is 127 cm³/mol. The van der Waals surface area contributed by atoms with Gasteiger partial charge in [-0.2, -0.15) is 5.26 Å². The van der Waals surface area contributed by atoms with Gasteiger partial charge in [-0.05, 0) is 43.7 Å². The fraction of sp³-hybridized carbons (Fsp3) is 0.500. The maximum Gasteiger partial charge on any atom is 0.255 e. The molecule has 0 radical (unpaired) electrons. The predicted octanol–water partition coefficient (Wildman–Crippen LogP) is 4.30. The van der Waals surface area contributed by atoms with Gasteiger partial charge in [-0.15, -0.1) is 0 Å². The number of halogens is 2. The molecule has 1 aliphatic carbocycles. The van der Waals surface area contributed by atoms with Crippen LogP contribution in [0.2, 0.25) is 0 Å². The van der Waals surface area contributed by atoms with Crippen LogP contribution in [-0.4, -0.2) is 48.7 Å². The number of alkyl halides is 2. The third kappa shape index (κ3) is 6.38. The van der Waals surface area contributed by atoms with Crippen LogP contribution in [0.4, 0.5) is 14.6 Å². The van der Waals surface area contributed by atoms with E-state index in [1.807, 2.05) is 44.2 Å². The largest absolute Gasteiger partial charge is 0.491 e. The molecule has 2 aliphatic rings. The number of nitrogens with zero attached hydrogens (tertiary/aromatic N) is 3. The zero-order valence-electron chi connectivity index (χ0n) is 19.9. The van der Waals surface area contributed by atoms with Gasteiger partial charge in [0.2, 0.25) is 5.91 Å². The van der Waals surface area contributed by atoms with E-state index in [4.69, 9.17) is 14.7 Å². The Hall–Kier alpha value is -3.41. The Morgan fingerprint density at radius 1 is 1.26 bits per heavy atom. The van der Waals surface area contributed by atoms with E-state index in [0.29, 0.717) is 12.3 Å². The lowest BCUT2D eigenvalue weighted by Gasteiger charge is -2.19. The number of ether oxygens (including phenoxy) is 2. The lowest BCUT2D eigenvalue weighted by Crippen LogP contribution is -2.35. The number of pyridine rings is 1. The smallest absolute Gasteiger partial charge is 0.255 e. The second kappa shape index (κ2) is 10.5. The summed E-state index contributed by atoms with van der Waals surface area (Å²) < 4.78 is 37.5. The molecule has 0 bridgehead atoms. The molecule has 2 heterocycles. The third-order valence-corrected chi connectivity index (χ3v) is 6.46. The first kappa shape index (κ1) is 24.7. The van der Waals surface area contributed by atoms with Gasteiger partial charge in [-0.3, -0.25) is 4.79 Å². The molecule has 1 aliphatic heterocycles. The highest BCUT2D eigenvalue weighted by Gasteiger charge is 2.57. The standard InChI is InChI=1S/C26H30F2N4O3/c1-17(9-11-29)31-25(33)18(2)19-3-5-21(6-4-19)35-23-10-12-32(15-23)24-8-7-22(14-30-24)34-16-20-13-26(20,27)28/h3-8,14,17-18,20,23H,9-10,12-13,15-16H2,1-2H3,(H,31,33). The molecule has 4 atom stereocenters. The van der Waals surface area contributed by atoms with Gasteiger partial charge >= 0.3 is 0 Å². The Balaban J connectivity index is 1.24. The number of rotatable bonds is 10. The molecule has 2 aromatic rings. The molecule has 2 fully saturated rings. The Morgan fingerprint density at radius 2 is 1.97 bits per heavy atom. The van der Waals surface area contributed by atoms with Crippen molar-refractivity contribution in [3.63, 3.8) is 0 Å². The van der Waals surface area contributed by atoms with E-state index in [1.54, 1.807) is 12.3 Å². The summed E-state index contributed by atoms with van der Waals surface area (Å²) in [7, 11) is 0. The third-order valence-electron chi connectivity index (χ3n) is 6.46. The molecular formula is C26H30F2N4O3. The Kier molecular flexibility index (Phi) is 7.39. The number of hydrogen-bond donors (Lipinski definition) is 1. The molecule has 35 heavy (non-hydrogen) atoms. The number of nitrogens with one attached hydrogen (secondary N) is 1. The molecule has 4 rings (SSSR count). The van der Waals surface area contributed by atoms with Crippen molar-refractivity contribution in [2.24, 2.45) is 5.92 Å². The van der Waals surface area contributed by atoms with Crippen LogP contribution in [0.1, 0.15) is 44.6 Å². The maximum absolute atomic E-state index is 13.0. The first-order valence-corrected chi connectivity index (χ1v) is 11.9. The number of anilines is 1. The van der Waals surface area contributed by atoms with Gasteiger partial charge in [0.05, 0.1) is 43.7 Å². The van der Waals surface area contributed by atoms with Gasteiger partial charge in [0.25, 0.3) is 5.92 Å². The lowest BCUT2D eigenvalue weighted by molar-refractivity contribution is -0.122. The summed E-state index contributed by atoms with van der Waals surface area (Å²) in [4.78, 5) is 18.9. The van der Waals surface area contributed by atoms with Gasteiger partial charge in [0.1, 0.15) is 23.4 Å². The SMILES string of the molecule is CC(CC#N)NC(=O)C(C)c1ccc(OC2CCN(c3ccc(OCC4CC4(F)F)cn3)C2)cc1. The molecule has 186 valence electrons. The monoisotopic (exact) mass is 484 g/mol. The molecule has 1 aromatic carbocycles. The molecule has 1 aromatic heterocycles. The van der Waals surface area contributed by atoms with Crippen LogP contribution in [0.5, 0.6) is 11.5 Å².